The molecule has 1 aromatic heterocycles. The zero-order chi connectivity index (χ0) is 12.4. The van der Waals surface area contributed by atoms with Crippen LogP contribution in [0.25, 0.3) is 10.8 Å². The smallest absolute Gasteiger partial charge is 0.340 e. The Morgan fingerprint density at radius 1 is 1.47 bits per heavy atom. The van der Waals surface area contributed by atoms with Gasteiger partial charge in [0.2, 0.25) is 0 Å². The van der Waals surface area contributed by atoms with Gasteiger partial charge in [0.1, 0.15) is 5.82 Å². The first kappa shape index (κ1) is 11.5. The van der Waals surface area contributed by atoms with Gasteiger partial charge in [-0.1, -0.05) is 0 Å². The Labute approximate surface area is 98.2 Å². The van der Waals surface area contributed by atoms with Crippen molar-refractivity contribution in [1.29, 1.82) is 0 Å². The van der Waals surface area contributed by atoms with Crippen LogP contribution in [0.1, 0.15) is 23.0 Å². The molecule has 0 radical (unpaired) electrons. The Morgan fingerprint density at radius 3 is 2.94 bits per heavy atom. The van der Waals surface area contributed by atoms with Gasteiger partial charge in [-0.25, -0.2) is 9.18 Å². The Hall–Kier alpha value is -1.97. The number of halogens is 1. The van der Waals surface area contributed by atoms with E-state index in [2.05, 4.69) is 4.98 Å². The maximum Gasteiger partial charge on any atom is 0.340 e. The van der Waals surface area contributed by atoms with Gasteiger partial charge in [-0.15, -0.1) is 0 Å². The molecule has 0 N–H and O–H groups in total. The minimum Gasteiger partial charge on any atom is -0.462 e. The zero-order valence-electron chi connectivity index (χ0n) is 9.66. The monoisotopic (exact) mass is 233 g/mol. The standard InChI is InChI=1S/C13H12FNO2/c1-3-17-13(16)12-8(2)15-7-9-4-5-10(14)6-11(9)12/h4-7H,3H2,1-2H3. The molecule has 88 valence electrons. The number of carbonyl (C=O) groups is 1. The zero-order valence-corrected chi connectivity index (χ0v) is 9.66. The number of carbonyl (C=O) groups excluding carboxylic acids is 1. The van der Waals surface area contributed by atoms with Gasteiger partial charge >= 0.3 is 5.97 Å². The molecule has 0 saturated heterocycles. The fourth-order valence-corrected chi connectivity index (χ4v) is 1.74. The van der Waals surface area contributed by atoms with Crippen molar-refractivity contribution in [3.8, 4) is 0 Å². The number of pyridine rings is 1. The number of ether oxygens (including phenoxy) is 1. The Balaban J connectivity index is 2.70. The maximum atomic E-state index is 13.2. The Bertz CT molecular complexity index is 576. The van der Waals surface area contributed by atoms with Gasteiger partial charge in [-0.2, -0.15) is 0 Å². The first-order valence-corrected chi connectivity index (χ1v) is 5.35. The number of benzene rings is 1. The number of nitrogens with zero attached hydrogens (tertiary/aromatic N) is 1. The molecule has 0 amide bonds. The molecule has 1 aromatic carbocycles. The number of hydrogen-bond donors (Lipinski definition) is 0. The second kappa shape index (κ2) is 4.49. The summed E-state index contributed by atoms with van der Waals surface area (Å²) in [4.78, 5) is 15.9. The molecule has 0 aliphatic rings. The first-order valence-electron chi connectivity index (χ1n) is 5.35. The fraction of sp³-hybridized carbons (Fsp3) is 0.231. The lowest BCUT2D eigenvalue weighted by Crippen LogP contribution is -2.08. The molecular formula is C13H12FNO2. The highest BCUT2D eigenvalue weighted by molar-refractivity contribution is 6.05. The summed E-state index contributed by atoms with van der Waals surface area (Å²) in [5.41, 5.74) is 0.880. The van der Waals surface area contributed by atoms with Gasteiger partial charge in [-0.3, -0.25) is 4.98 Å². The van der Waals surface area contributed by atoms with Crippen LogP contribution >= 0.6 is 0 Å². The predicted molar refractivity (Wildman–Crippen MR) is 62.4 cm³/mol. The van der Waals surface area contributed by atoms with Crippen LogP contribution in [-0.4, -0.2) is 17.6 Å². The van der Waals surface area contributed by atoms with Crippen LogP contribution in [0.4, 0.5) is 4.39 Å². The average Bonchev–Trinajstić information content (AvgIpc) is 2.28. The van der Waals surface area contributed by atoms with Crippen molar-refractivity contribution in [2.75, 3.05) is 6.61 Å². The largest absolute Gasteiger partial charge is 0.462 e. The number of fused-ring (bicyclic) bond motifs is 1. The third-order valence-corrected chi connectivity index (χ3v) is 2.52. The van der Waals surface area contributed by atoms with E-state index in [0.717, 1.165) is 5.39 Å². The van der Waals surface area contributed by atoms with E-state index in [4.69, 9.17) is 4.74 Å². The van der Waals surface area contributed by atoms with Gasteiger partial charge in [0.05, 0.1) is 17.9 Å². The summed E-state index contributed by atoms with van der Waals surface area (Å²) in [7, 11) is 0. The van der Waals surface area contributed by atoms with Gasteiger partial charge in [0, 0.05) is 17.0 Å². The molecule has 4 heteroatoms. The van der Waals surface area contributed by atoms with Crippen molar-refractivity contribution < 1.29 is 13.9 Å². The molecule has 17 heavy (non-hydrogen) atoms. The van der Waals surface area contributed by atoms with Crippen molar-refractivity contribution in [2.24, 2.45) is 0 Å². The molecule has 0 aliphatic heterocycles. The van der Waals surface area contributed by atoms with E-state index in [-0.39, 0.29) is 12.4 Å². The highest BCUT2D eigenvalue weighted by Crippen LogP contribution is 2.22. The van der Waals surface area contributed by atoms with Crippen molar-refractivity contribution in [1.82, 2.24) is 4.98 Å². The van der Waals surface area contributed by atoms with E-state index in [1.54, 1.807) is 26.1 Å². The van der Waals surface area contributed by atoms with Crippen molar-refractivity contribution in [2.45, 2.75) is 13.8 Å². The van der Waals surface area contributed by atoms with E-state index < -0.39 is 5.97 Å². The molecule has 0 saturated carbocycles. The van der Waals surface area contributed by atoms with Crippen LogP contribution in [-0.2, 0) is 4.74 Å². The first-order chi connectivity index (χ1) is 8.13. The summed E-state index contributed by atoms with van der Waals surface area (Å²) >= 11 is 0. The number of esters is 1. The summed E-state index contributed by atoms with van der Waals surface area (Å²) in [6.07, 6.45) is 1.62. The van der Waals surface area contributed by atoms with Crippen LogP contribution in [0.5, 0.6) is 0 Å². The summed E-state index contributed by atoms with van der Waals surface area (Å²) < 4.78 is 18.2. The van der Waals surface area contributed by atoms with Crippen LogP contribution in [0.2, 0.25) is 0 Å². The van der Waals surface area contributed by atoms with Crippen LogP contribution in [0.3, 0.4) is 0 Å². The van der Waals surface area contributed by atoms with Crippen LogP contribution in [0.15, 0.2) is 24.4 Å². The molecular weight excluding hydrogens is 221 g/mol. The van der Waals surface area contributed by atoms with E-state index in [1.807, 2.05) is 0 Å². The molecule has 3 nitrogen and oxygen atoms in total. The third-order valence-electron chi connectivity index (χ3n) is 2.52. The topological polar surface area (TPSA) is 39.2 Å². The normalized spacial score (nSPS) is 10.5. The van der Waals surface area contributed by atoms with Gasteiger partial charge in [-0.05, 0) is 32.0 Å². The minimum atomic E-state index is -0.464. The quantitative estimate of drug-likeness (QED) is 0.749. The van der Waals surface area contributed by atoms with Gasteiger partial charge in [0.15, 0.2) is 0 Å². The lowest BCUT2D eigenvalue weighted by Gasteiger charge is -2.08. The third kappa shape index (κ3) is 2.11. The number of aryl methyl sites for hydroxylation is 1. The van der Waals surface area contributed by atoms with Crippen LogP contribution in [0, 0.1) is 12.7 Å². The summed E-state index contributed by atoms with van der Waals surface area (Å²) in [5, 5.41) is 1.26. The summed E-state index contributed by atoms with van der Waals surface area (Å²) in [6, 6.07) is 4.27. The molecule has 0 atom stereocenters. The van der Waals surface area contributed by atoms with E-state index in [9.17, 15) is 9.18 Å². The molecule has 0 fully saturated rings. The van der Waals surface area contributed by atoms with E-state index in [1.165, 1.54) is 12.1 Å². The number of hydrogen-bond acceptors (Lipinski definition) is 3. The summed E-state index contributed by atoms with van der Waals surface area (Å²) in [6.45, 7) is 3.72. The molecule has 0 spiro atoms. The molecule has 2 aromatic rings. The Kier molecular flexibility index (Phi) is 3.04. The molecule has 0 unspecified atom stereocenters. The van der Waals surface area contributed by atoms with E-state index >= 15 is 0 Å². The fourth-order valence-electron chi connectivity index (χ4n) is 1.74. The van der Waals surface area contributed by atoms with Crippen molar-refractivity contribution in [3.63, 3.8) is 0 Å². The number of rotatable bonds is 2. The number of aromatic nitrogens is 1. The Morgan fingerprint density at radius 2 is 2.24 bits per heavy atom. The lowest BCUT2D eigenvalue weighted by atomic mass is 10.0. The second-order valence-corrected chi connectivity index (χ2v) is 3.67. The maximum absolute atomic E-state index is 13.2. The molecule has 0 aliphatic carbocycles. The van der Waals surface area contributed by atoms with E-state index in [0.29, 0.717) is 16.6 Å². The SMILES string of the molecule is CCOC(=O)c1c(C)ncc2ccc(F)cc12. The van der Waals surface area contributed by atoms with Gasteiger partial charge < -0.3 is 4.74 Å². The molecule has 2 rings (SSSR count). The van der Waals surface area contributed by atoms with Crippen molar-refractivity contribution >= 4 is 16.7 Å². The highest BCUT2D eigenvalue weighted by atomic mass is 19.1. The van der Waals surface area contributed by atoms with Crippen LogP contribution < -0.4 is 0 Å². The predicted octanol–water partition coefficient (Wildman–Crippen LogP) is 2.86. The van der Waals surface area contributed by atoms with Crippen molar-refractivity contribution in [3.05, 3.63) is 41.5 Å². The average molecular weight is 233 g/mol. The minimum absolute atomic E-state index is 0.282. The second-order valence-electron chi connectivity index (χ2n) is 3.67. The van der Waals surface area contributed by atoms with Gasteiger partial charge in [0.25, 0.3) is 0 Å². The summed E-state index contributed by atoms with van der Waals surface area (Å²) in [5.74, 6) is -0.845. The lowest BCUT2D eigenvalue weighted by molar-refractivity contribution is 0.0527. The molecule has 1 heterocycles. The highest BCUT2D eigenvalue weighted by Gasteiger charge is 2.15. The molecule has 0 bridgehead atoms.